The summed E-state index contributed by atoms with van der Waals surface area (Å²) in [6.45, 7) is 2.92. The van der Waals surface area contributed by atoms with Crippen LogP contribution in [0.25, 0.3) is 0 Å². The molecule has 0 bridgehead atoms. The highest BCUT2D eigenvalue weighted by molar-refractivity contribution is 9.10. The lowest BCUT2D eigenvalue weighted by Crippen LogP contribution is -2.21. The maximum absolute atomic E-state index is 13.6. The van der Waals surface area contributed by atoms with Crippen LogP contribution in [0.5, 0.6) is 0 Å². The Kier molecular flexibility index (Phi) is 4.60. The molecule has 4 heteroatoms. The van der Waals surface area contributed by atoms with E-state index in [1.807, 2.05) is 0 Å². The molecule has 0 radical (unpaired) electrons. The topological polar surface area (TPSA) is 12.0 Å². The molecule has 1 aromatic carbocycles. The summed E-state index contributed by atoms with van der Waals surface area (Å²) in [5.41, 5.74) is -0.00294. The Balaban J connectivity index is 1.94. The number of anilines is 1. The maximum atomic E-state index is 13.6. The number of hydrogen-bond donors (Lipinski definition) is 1. The zero-order valence-corrected chi connectivity index (χ0v) is 12.1. The average Bonchev–Trinajstić information content (AvgIpc) is 2.30. The Labute approximate surface area is 115 Å². The highest BCUT2D eigenvalue weighted by atomic mass is 79.9. The summed E-state index contributed by atoms with van der Waals surface area (Å²) in [6.07, 6.45) is 4.73. The van der Waals surface area contributed by atoms with Gasteiger partial charge in [-0.2, -0.15) is 0 Å². The summed E-state index contributed by atoms with van der Waals surface area (Å²) in [5.74, 6) is 0.253. The van der Waals surface area contributed by atoms with Gasteiger partial charge in [0.25, 0.3) is 0 Å². The molecular formula is C14H18BrF2N. The molecule has 18 heavy (non-hydrogen) atoms. The molecule has 1 nitrogen and oxygen atoms in total. The van der Waals surface area contributed by atoms with E-state index in [9.17, 15) is 8.78 Å². The number of hydrogen-bond acceptors (Lipinski definition) is 1. The molecule has 0 heterocycles. The summed E-state index contributed by atoms with van der Waals surface area (Å²) in [4.78, 5) is 0. The molecule has 100 valence electrons. The molecule has 0 aromatic heterocycles. The minimum Gasteiger partial charge on any atom is -0.380 e. The van der Waals surface area contributed by atoms with E-state index in [2.05, 4.69) is 28.2 Å². The van der Waals surface area contributed by atoms with E-state index in [1.165, 1.54) is 25.0 Å². The van der Waals surface area contributed by atoms with Crippen molar-refractivity contribution < 1.29 is 8.78 Å². The Morgan fingerprint density at radius 1 is 1.17 bits per heavy atom. The lowest BCUT2D eigenvalue weighted by Gasteiger charge is -2.26. The molecule has 1 aromatic rings. The Morgan fingerprint density at radius 2 is 1.72 bits per heavy atom. The molecular weight excluding hydrogens is 300 g/mol. The third kappa shape index (κ3) is 3.44. The molecule has 1 aliphatic rings. The molecule has 1 aliphatic carbocycles. The van der Waals surface area contributed by atoms with Gasteiger partial charge in [-0.05, 0) is 36.8 Å². The second-order valence-electron chi connectivity index (χ2n) is 5.25. The molecule has 0 aliphatic heterocycles. The molecule has 1 saturated carbocycles. The second kappa shape index (κ2) is 6.00. The normalized spacial score (nSPS) is 24.0. The van der Waals surface area contributed by atoms with Crippen LogP contribution in [0.15, 0.2) is 16.6 Å². The quantitative estimate of drug-likeness (QED) is 0.830. The van der Waals surface area contributed by atoms with Crippen LogP contribution in [-0.4, -0.2) is 6.54 Å². The van der Waals surface area contributed by atoms with Crippen molar-refractivity contribution in [1.82, 2.24) is 0 Å². The molecule has 0 atom stereocenters. The van der Waals surface area contributed by atoms with E-state index < -0.39 is 11.6 Å². The molecule has 0 saturated heterocycles. The van der Waals surface area contributed by atoms with Crippen LogP contribution in [0, 0.1) is 23.5 Å². The fourth-order valence-corrected chi connectivity index (χ4v) is 2.89. The molecule has 1 fully saturated rings. The van der Waals surface area contributed by atoms with Gasteiger partial charge in [0, 0.05) is 11.0 Å². The van der Waals surface area contributed by atoms with Crippen molar-refractivity contribution in [3.05, 3.63) is 28.2 Å². The van der Waals surface area contributed by atoms with Gasteiger partial charge < -0.3 is 5.32 Å². The first-order valence-electron chi connectivity index (χ1n) is 6.44. The van der Waals surface area contributed by atoms with Crippen molar-refractivity contribution in [2.75, 3.05) is 11.9 Å². The average molecular weight is 318 g/mol. The Morgan fingerprint density at radius 3 is 2.28 bits per heavy atom. The predicted molar refractivity (Wildman–Crippen MR) is 73.7 cm³/mol. The smallest absolute Gasteiger partial charge is 0.150 e. The van der Waals surface area contributed by atoms with Gasteiger partial charge in [-0.3, -0.25) is 0 Å². The lowest BCUT2D eigenvalue weighted by atomic mass is 9.83. The van der Waals surface area contributed by atoms with Gasteiger partial charge in [-0.25, -0.2) is 8.78 Å². The summed E-state index contributed by atoms with van der Waals surface area (Å²) in [5, 5.41) is 2.92. The first-order valence-corrected chi connectivity index (χ1v) is 7.24. The van der Waals surface area contributed by atoms with Crippen molar-refractivity contribution in [2.45, 2.75) is 32.6 Å². The van der Waals surface area contributed by atoms with Crippen molar-refractivity contribution in [3.63, 3.8) is 0 Å². The second-order valence-corrected chi connectivity index (χ2v) is 6.17. The molecule has 0 unspecified atom stereocenters. The zero-order valence-electron chi connectivity index (χ0n) is 10.5. The maximum Gasteiger partial charge on any atom is 0.150 e. The molecule has 0 spiro atoms. The van der Waals surface area contributed by atoms with E-state index in [-0.39, 0.29) is 5.69 Å². The Bertz CT molecular complexity index is 391. The number of rotatable bonds is 3. The Hall–Kier alpha value is -0.640. The third-order valence-electron chi connectivity index (χ3n) is 3.71. The minimum absolute atomic E-state index is 0.00294. The highest BCUT2D eigenvalue weighted by Gasteiger charge is 2.19. The van der Waals surface area contributed by atoms with Gasteiger partial charge in [0.05, 0.1) is 0 Å². The summed E-state index contributed by atoms with van der Waals surface area (Å²) in [6, 6.07) is 2.57. The van der Waals surface area contributed by atoms with Crippen LogP contribution in [0.4, 0.5) is 14.5 Å². The van der Waals surface area contributed by atoms with Gasteiger partial charge in [0.1, 0.15) is 17.3 Å². The van der Waals surface area contributed by atoms with Gasteiger partial charge in [-0.1, -0.05) is 35.7 Å². The van der Waals surface area contributed by atoms with Crippen molar-refractivity contribution in [1.29, 1.82) is 0 Å². The SMILES string of the molecule is CC1CCC(CNc2c(F)cc(Br)cc2F)CC1. The number of benzene rings is 1. The zero-order chi connectivity index (χ0) is 13.1. The predicted octanol–water partition coefficient (Wildman–Crippen LogP) is 4.97. The molecule has 1 N–H and O–H groups in total. The summed E-state index contributed by atoms with van der Waals surface area (Å²) < 4.78 is 27.6. The van der Waals surface area contributed by atoms with E-state index in [0.29, 0.717) is 16.9 Å². The molecule has 2 rings (SSSR count). The first-order chi connectivity index (χ1) is 8.56. The van der Waals surface area contributed by atoms with Crippen LogP contribution in [0.3, 0.4) is 0 Å². The fourth-order valence-electron chi connectivity index (χ4n) is 2.49. The third-order valence-corrected chi connectivity index (χ3v) is 4.17. The van der Waals surface area contributed by atoms with Gasteiger partial charge in [0.15, 0.2) is 0 Å². The van der Waals surface area contributed by atoms with Crippen molar-refractivity contribution in [2.24, 2.45) is 11.8 Å². The van der Waals surface area contributed by atoms with E-state index >= 15 is 0 Å². The van der Waals surface area contributed by atoms with Gasteiger partial charge in [-0.15, -0.1) is 0 Å². The van der Waals surface area contributed by atoms with Crippen molar-refractivity contribution >= 4 is 21.6 Å². The largest absolute Gasteiger partial charge is 0.380 e. The van der Waals surface area contributed by atoms with Crippen molar-refractivity contribution in [3.8, 4) is 0 Å². The van der Waals surface area contributed by atoms with Crippen LogP contribution in [-0.2, 0) is 0 Å². The van der Waals surface area contributed by atoms with Crippen LogP contribution < -0.4 is 5.32 Å². The fraction of sp³-hybridized carbons (Fsp3) is 0.571. The summed E-state index contributed by atoms with van der Waals surface area (Å²) in [7, 11) is 0. The van der Waals surface area contributed by atoms with Gasteiger partial charge in [0.2, 0.25) is 0 Å². The lowest BCUT2D eigenvalue weighted by molar-refractivity contribution is 0.300. The van der Waals surface area contributed by atoms with E-state index in [4.69, 9.17) is 0 Å². The van der Waals surface area contributed by atoms with E-state index in [1.54, 1.807) is 0 Å². The first kappa shape index (κ1) is 13.8. The minimum atomic E-state index is -0.536. The number of halogens is 3. The highest BCUT2D eigenvalue weighted by Crippen LogP contribution is 2.29. The standard InChI is InChI=1S/C14H18BrF2N/c1-9-2-4-10(5-3-9)8-18-14-12(16)6-11(15)7-13(14)17/h6-7,9-10,18H,2-5,8H2,1H3. The number of nitrogens with one attached hydrogen (secondary N) is 1. The van der Waals surface area contributed by atoms with Crippen LogP contribution in [0.1, 0.15) is 32.6 Å². The molecule has 0 amide bonds. The van der Waals surface area contributed by atoms with E-state index in [0.717, 1.165) is 18.8 Å². The monoisotopic (exact) mass is 317 g/mol. The van der Waals surface area contributed by atoms with Crippen LogP contribution in [0.2, 0.25) is 0 Å². The van der Waals surface area contributed by atoms with Crippen LogP contribution >= 0.6 is 15.9 Å². The summed E-state index contributed by atoms with van der Waals surface area (Å²) >= 11 is 3.07. The van der Waals surface area contributed by atoms with Gasteiger partial charge >= 0.3 is 0 Å².